The molecule has 1 N–H and O–H groups in total. The average molecular weight is 284 g/mol. The molecule has 1 aromatic carbocycles. The van der Waals surface area contributed by atoms with E-state index in [1.807, 2.05) is 17.0 Å². The van der Waals surface area contributed by atoms with Crippen LogP contribution >= 0.6 is 0 Å². The molecule has 1 saturated heterocycles. The predicted molar refractivity (Wildman–Crippen MR) is 78.5 cm³/mol. The Labute approximate surface area is 116 Å². The Morgan fingerprint density at radius 3 is 2.74 bits per heavy atom. The largest absolute Gasteiger partial charge is 0.367 e. The summed E-state index contributed by atoms with van der Waals surface area (Å²) in [6.07, 6.45) is 1.07. The summed E-state index contributed by atoms with van der Waals surface area (Å²) in [5, 5.41) is 3.26. The lowest BCUT2D eigenvalue weighted by molar-refractivity contribution is 0.610. The van der Waals surface area contributed by atoms with Gasteiger partial charge in [-0.05, 0) is 30.7 Å². The molecule has 0 radical (unpaired) electrons. The van der Waals surface area contributed by atoms with Crippen LogP contribution in [-0.4, -0.2) is 35.3 Å². The van der Waals surface area contributed by atoms with E-state index in [-0.39, 0.29) is 5.82 Å². The second-order valence-corrected chi connectivity index (χ2v) is 6.49. The summed E-state index contributed by atoms with van der Waals surface area (Å²) >= 11 is 0. The first-order chi connectivity index (χ1) is 9.20. The van der Waals surface area contributed by atoms with Gasteiger partial charge in [-0.25, -0.2) is 4.39 Å². The maximum atomic E-state index is 14.1. The van der Waals surface area contributed by atoms with Crippen molar-refractivity contribution in [2.24, 2.45) is 0 Å². The van der Waals surface area contributed by atoms with Crippen molar-refractivity contribution in [2.45, 2.75) is 19.9 Å². The second kappa shape index (κ2) is 7.01. The van der Waals surface area contributed by atoms with Gasteiger partial charge in [0.1, 0.15) is 5.82 Å². The van der Waals surface area contributed by atoms with E-state index in [1.54, 1.807) is 6.07 Å². The quantitative estimate of drug-likeness (QED) is 0.838. The third kappa shape index (κ3) is 4.01. The fraction of sp³-hybridized carbons (Fsp3) is 0.571. The van der Waals surface area contributed by atoms with Crippen molar-refractivity contribution in [3.8, 4) is 0 Å². The van der Waals surface area contributed by atoms with E-state index < -0.39 is 10.8 Å². The molecule has 3 nitrogen and oxygen atoms in total. The van der Waals surface area contributed by atoms with Gasteiger partial charge in [0.05, 0.1) is 5.69 Å². The summed E-state index contributed by atoms with van der Waals surface area (Å²) in [6.45, 7) is 5.11. The summed E-state index contributed by atoms with van der Waals surface area (Å²) in [5.41, 5.74) is 1.60. The highest BCUT2D eigenvalue weighted by Crippen LogP contribution is 2.22. The fourth-order valence-electron chi connectivity index (χ4n) is 2.21. The van der Waals surface area contributed by atoms with E-state index in [9.17, 15) is 8.60 Å². The topological polar surface area (TPSA) is 32.3 Å². The molecule has 1 heterocycles. The highest BCUT2D eigenvalue weighted by molar-refractivity contribution is 7.85. The molecule has 0 atom stereocenters. The monoisotopic (exact) mass is 284 g/mol. The third-order valence-corrected chi connectivity index (χ3v) is 4.56. The molecule has 0 saturated carbocycles. The van der Waals surface area contributed by atoms with E-state index in [1.165, 1.54) is 0 Å². The second-order valence-electron chi connectivity index (χ2n) is 4.80. The summed E-state index contributed by atoms with van der Waals surface area (Å²) in [6, 6.07) is 5.41. The first-order valence-corrected chi connectivity index (χ1v) is 8.28. The van der Waals surface area contributed by atoms with Gasteiger partial charge < -0.3 is 10.2 Å². The minimum absolute atomic E-state index is 0.177. The van der Waals surface area contributed by atoms with Crippen molar-refractivity contribution >= 4 is 16.5 Å². The minimum atomic E-state index is -0.725. The average Bonchev–Trinajstić information content (AvgIpc) is 2.41. The molecule has 106 valence electrons. The SMILES string of the molecule is CCCNCc1ccc(N2CCS(=O)CC2)c(F)c1. The lowest BCUT2D eigenvalue weighted by atomic mass is 10.1. The first kappa shape index (κ1) is 14.5. The molecule has 1 fully saturated rings. The number of benzene rings is 1. The maximum Gasteiger partial charge on any atom is 0.146 e. The van der Waals surface area contributed by atoms with Gasteiger partial charge in [0, 0.05) is 41.9 Å². The lowest BCUT2D eigenvalue weighted by Gasteiger charge is -2.28. The van der Waals surface area contributed by atoms with Gasteiger partial charge in [-0.1, -0.05) is 13.0 Å². The number of nitrogens with one attached hydrogen (secondary N) is 1. The molecule has 1 aromatic rings. The molecule has 19 heavy (non-hydrogen) atoms. The molecule has 0 aromatic heterocycles. The maximum absolute atomic E-state index is 14.1. The number of halogens is 1. The third-order valence-electron chi connectivity index (χ3n) is 3.29. The van der Waals surface area contributed by atoms with Crippen LogP contribution in [0.3, 0.4) is 0 Å². The summed E-state index contributed by atoms with van der Waals surface area (Å²) in [7, 11) is -0.725. The number of hydrogen-bond acceptors (Lipinski definition) is 3. The molecule has 0 amide bonds. The van der Waals surface area contributed by atoms with Crippen molar-refractivity contribution in [3.05, 3.63) is 29.6 Å². The number of nitrogens with zero attached hydrogens (tertiary/aromatic N) is 1. The van der Waals surface area contributed by atoms with Crippen molar-refractivity contribution in [1.82, 2.24) is 5.32 Å². The molecule has 2 rings (SSSR count). The lowest BCUT2D eigenvalue weighted by Crippen LogP contribution is -2.38. The smallest absolute Gasteiger partial charge is 0.146 e. The molecule has 0 bridgehead atoms. The molecule has 0 unspecified atom stereocenters. The zero-order chi connectivity index (χ0) is 13.7. The Balaban J connectivity index is 2.00. The number of anilines is 1. The van der Waals surface area contributed by atoms with Crippen LogP contribution in [0.25, 0.3) is 0 Å². The number of rotatable bonds is 5. The van der Waals surface area contributed by atoms with Crippen molar-refractivity contribution < 1.29 is 8.60 Å². The normalized spacial score (nSPS) is 16.8. The summed E-state index contributed by atoms with van der Waals surface area (Å²) < 4.78 is 25.4. The molecule has 1 aliphatic heterocycles. The highest BCUT2D eigenvalue weighted by atomic mass is 32.2. The van der Waals surface area contributed by atoms with Crippen molar-refractivity contribution in [2.75, 3.05) is 36.0 Å². The van der Waals surface area contributed by atoms with Gasteiger partial charge in [-0.15, -0.1) is 0 Å². The Hall–Kier alpha value is -0.940. The molecular formula is C14H21FN2OS. The van der Waals surface area contributed by atoms with Crippen LogP contribution in [0.1, 0.15) is 18.9 Å². The van der Waals surface area contributed by atoms with Crippen LogP contribution in [0.2, 0.25) is 0 Å². The van der Waals surface area contributed by atoms with Crippen LogP contribution in [0.4, 0.5) is 10.1 Å². The van der Waals surface area contributed by atoms with Crippen molar-refractivity contribution in [3.63, 3.8) is 0 Å². The molecule has 1 aliphatic rings. The van der Waals surface area contributed by atoms with Crippen LogP contribution in [0.5, 0.6) is 0 Å². The van der Waals surface area contributed by atoms with Gasteiger partial charge >= 0.3 is 0 Å². The molecule has 0 aliphatic carbocycles. The Morgan fingerprint density at radius 2 is 2.11 bits per heavy atom. The standard InChI is InChI=1S/C14H21FN2OS/c1-2-5-16-11-12-3-4-14(13(15)10-12)17-6-8-19(18)9-7-17/h3-4,10,16H,2,5-9,11H2,1H3. The van der Waals surface area contributed by atoms with Gasteiger partial charge in [0.25, 0.3) is 0 Å². The van der Waals surface area contributed by atoms with Gasteiger partial charge in [-0.3, -0.25) is 4.21 Å². The van der Waals surface area contributed by atoms with Gasteiger partial charge in [0.15, 0.2) is 0 Å². The van der Waals surface area contributed by atoms with Crippen LogP contribution < -0.4 is 10.2 Å². The summed E-state index contributed by atoms with van der Waals surface area (Å²) in [4.78, 5) is 1.99. The van der Waals surface area contributed by atoms with Gasteiger partial charge in [-0.2, -0.15) is 0 Å². The van der Waals surface area contributed by atoms with Crippen molar-refractivity contribution in [1.29, 1.82) is 0 Å². The van der Waals surface area contributed by atoms with E-state index >= 15 is 0 Å². The Morgan fingerprint density at radius 1 is 1.37 bits per heavy atom. The Kier molecular flexibility index (Phi) is 5.34. The van der Waals surface area contributed by atoms with E-state index in [2.05, 4.69) is 12.2 Å². The number of hydrogen-bond donors (Lipinski definition) is 1. The minimum Gasteiger partial charge on any atom is -0.367 e. The summed E-state index contributed by atoms with van der Waals surface area (Å²) in [5.74, 6) is 1.10. The molecular weight excluding hydrogens is 263 g/mol. The van der Waals surface area contributed by atoms with Crippen LogP contribution in [0.15, 0.2) is 18.2 Å². The Bertz CT molecular complexity index is 443. The van der Waals surface area contributed by atoms with E-state index in [0.717, 1.165) is 18.5 Å². The zero-order valence-electron chi connectivity index (χ0n) is 11.3. The van der Waals surface area contributed by atoms with Crippen LogP contribution in [-0.2, 0) is 17.3 Å². The molecule has 0 spiro atoms. The van der Waals surface area contributed by atoms with E-state index in [4.69, 9.17) is 0 Å². The predicted octanol–water partition coefficient (Wildman–Crippen LogP) is 1.89. The van der Waals surface area contributed by atoms with Gasteiger partial charge in [0.2, 0.25) is 0 Å². The van der Waals surface area contributed by atoms with Crippen LogP contribution in [0, 0.1) is 5.82 Å². The van der Waals surface area contributed by atoms with E-state index in [0.29, 0.717) is 36.8 Å². The fourth-order valence-corrected chi connectivity index (χ4v) is 3.26. The molecule has 5 heteroatoms. The zero-order valence-corrected chi connectivity index (χ0v) is 12.1. The highest BCUT2D eigenvalue weighted by Gasteiger charge is 2.18. The first-order valence-electron chi connectivity index (χ1n) is 6.79.